The smallest absolute Gasteiger partial charge is 0.143 e. The third-order valence-electron chi connectivity index (χ3n) is 11.3. The maximum Gasteiger partial charge on any atom is 0.143 e. The second-order valence-electron chi connectivity index (χ2n) is 14.5. The van der Waals surface area contributed by atoms with Crippen LogP contribution in [0.25, 0.3) is 87.6 Å². The molecule has 11 aromatic rings. The van der Waals surface area contributed by atoms with Crippen LogP contribution in [0.4, 0.5) is 17.1 Å². The third kappa shape index (κ3) is 5.42. The zero-order valence-corrected chi connectivity index (χ0v) is 30.6. The minimum Gasteiger partial charge on any atom is -0.455 e. The second-order valence-corrected chi connectivity index (χ2v) is 14.5. The van der Waals surface area contributed by atoms with Crippen molar-refractivity contribution in [2.24, 2.45) is 0 Å². The third-order valence-corrected chi connectivity index (χ3v) is 11.3. The average molecular weight is 714 g/mol. The molecule has 1 aromatic heterocycles. The molecule has 11 rings (SSSR count). The first kappa shape index (κ1) is 32.0. The van der Waals surface area contributed by atoms with Crippen molar-refractivity contribution in [2.75, 3.05) is 4.90 Å². The normalized spacial score (nSPS) is 11.6. The fourth-order valence-electron chi connectivity index (χ4n) is 8.44. The van der Waals surface area contributed by atoms with E-state index < -0.39 is 0 Å². The molecule has 0 unspecified atom stereocenters. The van der Waals surface area contributed by atoms with Crippen LogP contribution >= 0.6 is 0 Å². The number of fused-ring (bicyclic) bond motifs is 7. The van der Waals surface area contributed by atoms with Gasteiger partial charge >= 0.3 is 0 Å². The van der Waals surface area contributed by atoms with Crippen molar-refractivity contribution in [3.05, 3.63) is 212 Å². The first-order valence-electron chi connectivity index (χ1n) is 19.2. The zero-order valence-electron chi connectivity index (χ0n) is 30.6. The predicted molar refractivity (Wildman–Crippen MR) is 237 cm³/mol. The van der Waals surface area contributed by atoms with Crippen molar-refractivity contribution in [1.82, 2.24) is 0 Å². The number of anilines is 3. The molecule has 0 fully saturated rings. The predicted octanol–water partition coefficient (Wildman–Crippen LogP) is 15.5. The molecule has 2 nitrogen and oxygen atoms in total. The second kappa shape index (κ2) is 13.2. The van der Waals surface area contributed by atoms with Gasteiger partial charge in [0.25, 0.3) is 0 Å². The summed E-state index contributed by atoms with van der Waals surface area (Å²) in [5.74, 6) is 0. The lowest BCUT2D eigenvalue weighted by atomic mass is 9.97. The number of hydrogen-bond acceptors (Lipinski definition) is 2. The summed E-state index contributed by atoms with van der Waals surface area (Å²) in [7, 11) is 0. The van der Waals surface area contributed by atoms with Crippen LogP contribution in [-0.2, 0) is 0 Å². The molecule has 1 heterocycles. The summed E-state index contributed by atoms with van der Waals surface area (Å²) in [5.41, 5.74) is 12.3. The molecule has 0 radical (unpaired) electrons. The molecule has 262 valence electrons. The van der Waals surface area contributed by atoms with Crippen LogP contribution in [0.5, 0.6) is 0 Å². The molecular formula is C54H35NO. The molecule has 10 aromatic carbocycles. The van der Waals surface area contributed by atoms with Crippen LogP contribution in [-0.4, -0.2) is 0 Å². The fourth-order valence-corrected chi connectivity index (χ4v) is 8.44. The van der Waals surface area contributed by atoms with Gasteiger partial charge in [-0.1, -0.05) is 164 Å². The van der Waals surface area contributed by atoms with Gasteiger partial charge in [0.05, 0.1) is 5.69 Å². The molecule has 0 aliphatic rings. The van der Waals surface area contributed by atoms with Crippen molar-refractivity contribution < 1.29 is 4.42 Å². The Hall–Kier alpha value is -7.42. The van der Waals surface area contributed by atoms with Crippen LogP contribution < -0.4 is 4.90 Å². The Morgan fingerprint density at radius 1 is 0.321 bits per heavy atom. The summed E-state index contributed by atoms with van der Waals surface area (Å²) in [6.45, 7) is 0. The molecule has 0 bridgehead atoms. The highest BCUT2D eigenvalue weighted by Gasteiger charge is 2.18. The van der Waals surface area contributed by atoms with Crippen molar-refractivity contribution in [1.29, 1.82) is 0 Å². The van der Waals surface area contributed by atoms with Crippen LogP contribution in [0, 0.1) is 0 Å². The summed E-state index contributed by atoms with van der Waals surface area (Å²) in [6, 6.07) is 76.4. The fraction of sp³-hybridized carbons (Fsp3) is 0. The molecular weight excluding hydrogens is 679 g/mol. The summed E-state index contributed by atoms with van der Waals surface area (Å²) in [5, 5.41) is 9.53. The maximum atomic E-state index is 6.52. The highest BCUT2D eigenvalue weighted by Crippen LogP contribution is 2.43. The maximum absolute atomic E-state index is 6.52. The van der Waals surface area contributed by atoms with Gasteiger partial charge in [-0.3, -0.25) is 0 Å². The summed E-state index contributed by atoms with van der Waals surface area (Å²) < 4.78 is 6.52. The van der Waals surface area contributed by atoms with E-state index in [9.17, 15) is 0 Å². The van der Waals surface area contributed by atoms with Gasteiger partial charge in [-0.15, -0.1) is 0 Å². The first-order chi connectivity index (χ1) is 27.7. The van der Waals surface area contributed by atoms with Gasteiger partial charge < -0.3 is 9.32 Å². The summed E-state index contributed by atoms with van der Waals surface area (Å²) >= 11 is 0. The van der Waals surface area contributed by atoms with E-state index in [0.29, 0.717) is 0 Å². The Bertz CT molecular complexity index is 3220. The van der Waals surface area contributed by atoms with E-state index in [1.54, 1.807) is 0 Å². The Balaban J connectivity index is 0.967. The molecule has 0 saturated heterocycles. The first-order valence-corrected chi connectivity index (χ1v) is 19.2. The van der Waals surface area contributed by atoms with E-state index in [-0.39, 0.29) is 0 Å². The van der Waals surface area contributed by atoms with Gasteiger partial charge in [0.15, 0.2) is 0 Å². The molecule has 0 N–H and O–H groups in total. The minimum atomic E-state index is 0.902. The number of benzene rings is 10. The van der Waals surface area contributed by atoms with Crippen molar-refractivity contribution in [3.8, 4) is 33.4 Å². The Morgan fingerprint density at radius 2 is 0.839 bits per heavy atom. The van der Waals surface area contributed by atoms with Gasteiger partial charge in [-0.2, -0.15) is 0 Å². The molecule has 0 aliphatic heterocycles. The highest BCUT2D eigenvalue weighted by atomic mass is 16.3. The SMILES string of the molecule is c1ccc2cc(-c3ccc(-c4ccc(N(c5ccc(-c6cccc7oc8c9ccccc9ccc8c67)cc5)c5cccc6ccccc56)cc4)cc3)ccc2c1. The number of nitrogens with zero attached hydrogens (tertiary/aromatic N) is 1. The summed E-state index contributed by atoms with van der Waals surface area (Å²) in [4.78, 5) is 2.37. The van der Waals surface area contributed by atoms with Crippen LogP contribution in [0.2, 0.25) is 0 Å². The minimum absolute atomic E-state index is 0.902. The highest BCUT2D eigenvalue weighted by molar-refractivity contribution is 6.19. The lowest BCUT2D eigenvalue weighted by Gasteiger charge is -2.27. The molecule has 56 heavy (non-hydrogen) atoms. The van der Waals surface area contributed by atoms with Crippen molar-refractivity contribution in [3.63, 3.8) is 0 Å². The van der Waals surface area contributed by atoms with Gasteiger partial charge in [-0.25, -0.2) is 0 Å². The van der Waals surface area contributed by atoms with Crippen LogP contribution in [0.15, 0.2) is 217 Å². The van der Waals surface area contributed by atoms with Gasteiger partial charge in [0.2, 0.25) is 0 Å². The molecule has 2 heteroatoms. The van der Waals surface area contributed by atoms with E-state index in [4.69, 9.17) is 4.42 Å². The molecule has 0 spiro atoms. The molecule has 0 amide bonds. The lowest BCUT2D eigenvalue weighted by Crippen LogP contribution is -2.10. The van der Waals surface area contributed by atoms with Crippen molar-refractivity contribution in [2.45, 2.75) is 0 Å². The van der Waals surface area contributed by atoms with E-state index in [0.717, 1.165) is 55.5 Å². The Kier molecular flexibility index (Phi) is 7.53. The number of furan rings is 1. The topological polar surface area (TPSA) is 16.4 Å². The number of hydrogen-bond donors (Lipinski definition) is 0. The molecule has 0 atom stereocenters. The summed E-state index contributed by atoms with van der Waals surface area (Å²) in [6.07, 6.45) is 0. The Labute approximate surface area is 325 Å². The molecule has 0 aliphatic carbocycles. The number of rotatable bonds is 6. The van der Waals surface area contributed by atoms with E-state index in [1.807, 2.05) is 0 Å². The van der Waals surface area contributed by atoms with E-state index >= 15 is 0 Å². The standard InChI is InChI=1S/C54H35NO/c1-2-12-43-35-44(24-23-36(43)9-1)39-21-19-37(20-22-39)38-25-30-45(31-26-38)55(51-17-7-13-40-10-3-5-14-47(40)51)46-32-27-42(28-33-46)48-16-8-18-52-53(48)50-34-29-41-11-4-6-15-49(41)54(50)56-52/h1-35H. The zero-order chi connectivity index (χ0) is 37.0. The van der Waals surface area contributed by atoms with Gasteiger partial charge in [-0.05, 0) is 103 Å². The van der Waals surface area contributed by atoms with Crippen LogP contribution in [0.1, 0.15) is 0 Å². The largest absolute Gasteiger partial charge is 0.455 e. The average Bonchev–Trinajstić information content (AvgIpc) is 3.67. The van der Waals surface area contributed by atoms with E-state index in [1.165, 1.54) is 49.2 Å². The van der Waals surface area contributed by atoms with Gasteiger partial charge in [0, 0.05) is 32.9 Å². The van der Waals surface area contributed by atoms with Gasteiger partial charge in [0.1, 0.15) is 11.2 Å². The lowest BCUT2D eigenvalue weighted by molar-refractivity contribution is 0.673. The monoisotopic (exact) mass is 713 g/mol. The Morgan fingerprint density at radius 3 is 1.57 bits per heavy atom. The van der Waals surface area contributed by atoms with Crippen molar-refractivity contribution >= 4 is 71.3 Å². The van der Waals surface area contributed by atoms with E-state index in [2.05, 4.69) is 217 Å². The molecule has 0 saturated carbocycles. The quantitative estimate of drug-likeness (QED) is 0.171. The van der Waals surface area contributed by atoms with Crippen LogP contribution in [0.3, 0.4) is 0 Å².